The maximum Gasteiger partial charge on any atom is 0.259 e. The van der Waals surface area contributed by atoms with E-state index in [1.54, 1.807) is 32.5 Å². The van der Waals surface area contributed by atoms with Gasteiger partial charge in [-0.05, 0) is 43.2 Å². The summed E-state index contributed by atoms with van der Waals surface area (Å²) in [4.78, 5) is 19.1. The maximum atomic E-state index is 12.9. The second-order valence-electron chi connectivity index (χ2n) is 6.62. The minimum atomic E-state index is 0.0366. The number of carbonyl (C=O) groups excluding carboxylic acids is 1. The molecule has 1 aliphatic heterocycles. The second-order valence-corrected chi connectivity index (χ2v) is 6.62. The molecular weight excluding hydrogens is 280 g/mol. The highest BCUT2D eigenvalue weighted by Crippen LogP contribution is 2.47. The second kappa shape index (κ2) is 5.88. The summed E-state index contributed by atoms with van der Waals surface area (Å²) in [7, 11) is 3.34. The summed E-state index contributed by atoms with van der Waals surface area (Å²) in [6.45, 7) is 3.09. The van der Waals surface area contributed by atoms with E-state index in [1.165, 1.54) is 0 Å². The molecule has 120 valence electrons. The van der Waals surface area contributed by atoms with Gasteiger partial charge < -0.3 is 14.4 Å². The summed E-state index contributed by atoms with van der Waals surface area (Å²) in [6, 6.07) is 3.87. The van der Waals surface area contributed by atoms with E-state index >= 15 is 0 Å². The number of carbonyl (C=O) groups is 1. The molecule has 3 atom stereocenters. The van der Waals surface area contributed by atoms with Crippen molar-refractivity contribution in [3.05, 3.63) is 23.9 Å². The van der Waals surface area contributed by atoms with Crippen LogP contribution in [0.5, 0.6) is 5.88 Å². The number of hydrogen-bond acceptors (Lipinski definition) is 4. The summed E-state index contributed by atoms with van der Waals surface area (Å²) in [6.07, 6.45) is 6.06. The van der Waals surface area contributed by atoms with Gasteiger partial charge in [0.1, 0.15) is 5.56 Å². The highest BCUT2D eigenvalue weighted by molar-refractivity contribution is 5.96. The van der Waals surface area contributed by atoms with Crippen molar-refractivity contribution in [2.45, 2.75) is 44.8 Å². The van der Waals surface area contributed by atoms with Gasteiger partial charge in [-0.15, -0.1) is 0 Å². The normalized spacial score (nSPS) is 31.0. The van der Waals surface area contributed by atoms with Gasteiger partial charge in [0.15, 0.2) is 0 Å². The van der Waals surface area contributed by atoms with Gasteiger partial charge in [-0.1, -0.05) is 6.92 Å². The number of rotatable bonds is 3. The Kier molecular flexibility index (Phi) is 4.08. The van der Waals surface area contributed by atoms with Crippen LogP contribution < -0.4 is 4.74 Å². The van der Waals surface area contributed by atoms with E-state index < -0.39 is 0 Å². The summed E-state index contributed by atoms with van der Waals surface area (Å²) in [5.41, 5.74) is 0.715. The predicted molar refractivity (Wildman–Crippen MR) is 83.0 cm³/mol. The molecule has 1 saturated carbocycles. The molecule has 2 heterocycles. The van der Waals surface area contributed by atoms with Crippen molar-refractivity contribution in [2.24, 2.45) is 5.41 Å². The van der Waals surface area contributed by atoms with Gasteiger partial charge in [-0.2, -0.15) is 0 Å². The van der Waals surface area contributed by atoms with Crippen molar-refractivity contribution in [1.82, 2.24) is 9.88 Å². The SMILES string of the molecule is COc1ncccc1C(=O)N1CC[C@@]2(C)C[C@H](OC)CC[C@@H]12. The number of aromatic nitrogens is 1. The Labute approximate surface area is 131 Å². The largest absolute Gasteiger partial charge is 0.480 e. The van der Waals surface area contributed by atoms with Gasteiger partial charge in [-0.25, -0.2) is 4.98 Å². The fourth-order valence-corrected chi connectivity index (χ4v) is 4.10. The lowest BCUT2D eigenvalue weighted by atomic mass is 9.71. The van der Waals surface area contributed by atoms with Crippen LogP contribution >= 0.6 is 0 Å². The first-order valence-corrected chi connectivity index (χ1v) is 7.92. The number of amides is 1. The third kappa shape index (κ3) is 2.47. The van der Waals surface area contributed by atoms with Crippen LogP contribution in [0.2, 0.25) is 0 Å². The number of pyridine rings is 1. The molecule has 2 aliphatic rings. The quantitative estimate of drug-likeness (QED) is 0.861. The molecule has 3 rings (SSSR count). The van der Waals surface area contributed by atoms with E-state index in [1.807, 2.05) is 4.90 Å². The lowest BCUT2D eigenvalue weighted by Gasteiger charge is -2.42. The minimum absolute atomic E-state index is 0.0366. The standard InChI is InChI=1S/C17H24N2O3/c1-17-8-10-19(14(17)7-6-12(11-17)21-2)16(20)13-5-4-9-18-15(13)22-3/h4-5,9,12,14H,6-8,10-11H2,1-3H3/t12-,14-,17+/m1/s1. The minimum Gasteiger partial charge on any atom is -0.480 e. The molecule has 0 spiro atoms. The molecule has 1 aromatic rings. The smallest absolute Gasteiger partial charge is 0.259 e. The number of methoxy groups -OCH3 is 2. The first-order chi connectivity index (χ1) is 10.6. The third-order valence-electron chi connectivity index (χ3n) is 5.35. The highest BCUT2D eigenvalue weighted by atomic mass is 16.5. The highest BCUT2D eigenvalue weighted by Gasteiger charge is 2.49. The Balaban J connectivity index is 1.83. The average molecular weight is 304 g/mol. The van der Waals surface area contributed by atoms with Crippen molar-refractivity contribution in [3.63, 3.8) is 0 Å². The van der Waals surface area contributed by atoms with Crippen LogP contribution in [-0.4, -0.2) is 48.7 Å². The Hall–Kier alpha value is -1.62. The van der Waals surface area contributed by atoms with Crippen molar-refractivity contribution in [3.8, 4) is 5.88 Å². The summed E-state index contributed by atoms with van der Waals surface area (Å²) in [5.74, 6) is 0.446. The molecular formula is C17H24N2O3. The molecule has 0 aromatic carbocycles. The molecule has 5 heteroatoms. The summed E-state index contributed by atoms with van der Waals surface area (Å²) in [5, 5.41) is 0. The molecule has 2 fully saturated rings. The monoisotopic (exact) mass is 304 g/mol. The zero-order chi connectivity index (χ0) is 15.7. The fourth-order valence-electron chi connectivity index (χ4n) is 4.10. The van der Waals surface area contributed by atoms with Gasteiger partial charge in [0.2, 0.25) is 5.88 Å². The van der Waals surface area contributed by atoms with Crippen LogP contribution in [0.3, 0.4) is 0 Å². The molecule has 0 N–H and O–H groups in total. The molecule has 22 heavy (non-hydrogen) atoms. The predicted octanol–water partition coefficient (Wildman–Crippen LogP) is 2.51. The molecule has 1 aliphatic carbocycles. The van der Waals surface area contributed by atoms with Crippen LogP contribution in [0.1, 0.15) is 43.0 Å². The lowest BCUT2D eigenvalue weighted by molar-refractivity contribution is -0.00283. The van der Waals surface area contributed by atoms with E-state index in [4.69, 9.17) is 9.47 Å². The Bertz CT molecular complexity index is 563. The molecule has 5 nitrogen and oxygen atoms in total. The van der Waals surface area contributed by atoms with E-state index in [2.05, 4.69) is 11.9 Å². The Morgan fingerprint density at radius 3 is 2.95 bits per heavy atom. The van der Waals surface area contributed by atoms with Crippen LogP contribution in [-0.2, 0) is 4.74 Å². The molecule has 0 unspecified atom stereocenters. The summed E-state index contributed by atoms with van der Waals surface area (Å²) < 4.78 is 10.8. The molecule has 1 aromatic heterocycles. The lowest BCUT2D eigenvalue weighted by Crippen LogP contribution is -2.46. The van der Waals surface area contributed by atoms with E-state index in [0.29, 0.717) is 17.5 Å². The van der Waals surface area contributed by atoms with Crippen LogP contribution in [0, 0.1) is 5.41 Å². The van der Waals surface area contributed by atoms with Gasteiger partial charge in [0.25, 0.3) is 5.91 Å². The molecule has 1 amide bonds. The maximum absolute atomic E-state index is 12.9. The number of nitrogens with zero attached hydrogens (tertiary/aromatic N) is 2. The molecule has 0 bridgehead atoms. The van der Waals surface area contributed by atoms with E-state index in [9.17, 15) is 4.79 Å². The van der Waals surface area contributed by atoms with Crippen LogP contribution in [0.15, 0.2) is 18.3 Å². The zero-order valence-corrected chi connectivity index (χ0v) is 13.5. The third-order valence-corrected chi connectivity index (χ3v) is 5.35. The van der Waals surface area contributed by atoms with E-state index in [-0.39, 0.29) is 17.4 Å². The molecule has 1 saturated heterocycles. The number of ether oxygens (including phenoxy) is 2. The van der Waals surface area contributed by atoms with Crippen molar-refractivity contribution >= 4 is 5.91 Å². The zero-order valence-electron chi connectivity index (χ0n) is 13.5. The summed E-state index contributed by atoms with van der Waals surface area (Å²) >= 11 is 0. The van der Waals surface area contributed by atoms with Crippen molar-refractivity contribution in [2.75, 3.05) is 20.8 Å². The first kappa shape index (κ1) is 15.3. The molecule has 0 radical (unpaired) electrons. The van der Waals surface area contributed by atoms with Gasteiger partial charge in [0, 0.05) is 25.9 Å². The number of fused-ring (bicyclic) bond motifs is 1. The Morgan fingerprint density at radius 1 is 1.41 bits per heavy atom. The van der Waals surface area contributed by atoms with Gasteiger partial charge >= 0.3 is 0 Å². The van der Waals surface area contributed by atoms with Crippen LogP contribution in [0.4, 0.5) is 0 Å². The van der Waals surface area contributed by atoms with Crippen LogP contribution in [0.25, 0.3) is 0 Å². The van der Waals surface area contributed by atoms with Gasteiger partial charge in [-0.3, -0.25) is 4.79 Å². The van der Waals surface area contributed by atoms with Gasteiger partial charge in [0.05, 0.1) is 13.2 Å². The topological polar surface area (TPSA) is 51.7 Å². The fraction of sp³-hybridized carbons (Fsp3) is 0.647. The van der Waals surface area contributed by atoms with E-state index in [0.717, 1.165) is 32.2 Å². The average Bonchev–Trinajstić information content (AvgIpc) is 2.90. The Morgan fingerprint density at radius 2 is 2.23 bits per heavy atom. The number of likely N-dealkylation sites (tertiary alicyclic amines) is 1. The first-order valence-electron chi connectivity index (χ1n) is 7.92. The van der Waals surface area contributed by atoms with Crippen molar-refractivity contribution < 1.29 is 14.3 Å². The van der Waals surface area contributed by atoms with Crippen molar-refractivity contribution in [1.29, 1.82) is 0 Å². The number of hydrogen-bond donors (Lipinski definition) is 0.